The summed E-state index contributed by atoms with van der Waals surface area (Å²) in [5.41, 5.74) is 2.94. The standard InChI is InChI=1S/C17H12I2O2/c18-8-5-13(19)17-14(6-8)20-15-11-7-12(16(15)21-17)10-4-2-1-3-9(10)11/h1-6,11-12,15-16H,7H2. The van der Waals surface area contributed by atoms with Crippen LogP contribution in [0.3, 0.4) is 0 Å². The Balaban J connectivity index is 1.62. The largest absolute Gasteiger partial charge is 0.482 e. The van der Waals surface area contributed by atoms with Gasteiger partial charge in [-0.1, -0.05) is 24.3 Å². The monoisotopic (exact) mass is 502 g/mol. The van der Waals surface area contributed by atoms with Crippen LogP contribution in [0.25, 0.3) is 0 Å². The molecule has 1 saturated carbocycles. The van der Waals surface area contributed by atoms with Gasteiger partial charge >= 0.3 is 0 Å². The summed E-state index contributed by atoms with van der Waals surface area (Å²) in [7, 11) is 0. The first-order valence-electron chi connectivity index (χ1n) is 7.13. The zero-order chi connectivity index (χ0) is 14.1. The Hall–Kier alpha value is -0.500. The Labute approximate surface area is 150 Å². The lowest BCUT2D eigenvalue weighted by molar-refractivity contribution is 0.0215. The van der Waals surface area contributed by atoms with E-state index in [0.717, 1.165) is 21.5 Å². The third-order valence-corrected chi connectivity index (χ3v) is 6.34. The minimum Gasteiger partial charge on any atom is -0.482 e. The zero-order valence-corrected chi connectivity index (χ0v) is 15.4. The maximum atomic E-state index is 6.40. The van der Waals surface area contributed by atoms with Crippen LogP contribution in [0, 0.1) is 7.14 Å². The van der Waals surface area contributed by atoms with Crippen LogP contribution in [0.5, 0.6) is 11.5 Å². The van der Waals surface area contributed by atoms with Gasteiger partial charge in [0, 0.05) is 15.4 Å². The fraction of sp³-hybridized carbons (Fsp3) is 0.294. The number of hydrogen-bond donors (Lipinski definition) is 0. The van der Waals surface area contributed by atoms with Gasteiger partial charge in [0.15, 0.2) is 11.5 Å². The SMILES string of the molecule is Ic1cc(I)c2c(c1)OC1C3CC(c4ccccc43)C1O2. The van der Waals surface area contributed by atoms with Crippen molar-refractivity contribution in [1.29, 1.82) is 0 Å². The molecule has 0 aromatic heterocycles. The molecule has 2 aliphatic carbocycles. The van der Waals surface area contributed by atoms with E-state index in [1.165, 1.54) is 14.7 Å². The molecule has 4 unspecified atom stereocenters. The predicted octanol–water partition coefficient (Wildman–Crippen LogP) is 4.69. The van der Waals surface area contributed by atoms with E-state index in [-0.39, 0.29) is 12.2 Å². The lowest BCUT2D eigenvalue weighted by Gasteiger charge is -2.38. The zero-order valence-electron chi connectivity index (χ0n) is 11.1. The second-order valence-electron chi connectivity index (χ2n) is 5.96. The molecule has 0 N–H and O–H groups in total. The molecule has 1 heterocycles. The van der Waals surface area contributed by atoms with Crippen LogP contribution >= 0.6 is 45.2 Å². The van der Waals surface area contributed by atoms with Gasteiger partial charge in [-0.2, -0.15) is 0 Å². The molecule has 2 aromatic carbocycles. The van der Waals surface area contributed by atoms with Crippen molar-refractivity contribution in [3.05, 3.63) is 54.7 Å². The first-order valence-corrected chi connectivity index (χ1v) is 9.29. The third-order valence-electron chi connectivity index (χ3n) is 4.91. The van der Waals surface area contributed by atoms with E-state index in [0.29, 0.717) is 11.8 Å². The number of ether oxygens (including phenoxy) is 2. The van der Waals surface area contributed by atoms with Gasteiger partial charge in [-0.05, 0) is 74.9 Å². The molecule has 2 aromatic rings. The Morgan fingerprint density at radius 3 is 2.29 bits per heavy atom. The average Bonchev–Trinajstić information content (AvgIpc) is 3.02. The second-order valence-corrected chi connectivity index (χ2v) is 8.37. The Kier molecular flexibility index (Phi) is 2.78. The molecule has 4 atom stereocenters. The molecular weight excluding hydrogens is 490 g/mol. The normalized spacial score (nSPS) is 31.0. The summed E-state index contributed by atoms with van der Waals surface area (Å²) in [5.74, 6) is 2.82. The molecule has 21 heavy (non-hydrogen) atoms. The van der Waals surface area contributed by atoms with E-state index in [1.807, 2.05) is 0 Å². The summed E-state index contributed by atoms with van der Waals surface area (Å²) < 4.78 is 15.1. The number of hydrogen-bond acceptors (Lipinski definition) is 2. The molecule has 0 spiro atoms. The summed E-state index contributed by atoms with van der Waals surface area (Å²) in [6.07, 6.45) is 1.51. The van der Waals surface area contributed by atoms with Gasteiger partial charge in [-0.15, -0.1) is 0 Å². The number of fused-ring (bicyclic) bond motifs is 9. The van der Waals surface area contributed by atoms with E-state index in [1.54, 1.807) is 0 Å². The quantitative estimate of drug-likeness (QED) is 0.488. The van der Waals surface area contributed by atoms with Crippen molar-refractivity contribution >= 4 is 45.2 Å². The molecule has 0 saturated heterocycles. The van der Waals surface area contributed by atoms with Crippen LogP contribution in [0.2, 0.25) is 0 Å². The van der Waals surface area contributed by atoms with Gasteiger partial charge in [0.2, 0.25) is 0 Å². The van der Waals surface area contributed by atoms with Crippen LogP contribution < -0.4 is 9.47 Å². The van der Waals surface area contributed by atoms with E-state index in [4.69, 9.17) is 9.47 Å². The molecule has 5 rings (SSSR count). The Bertz CT molecular complexity index is 758. The van der Waals surface area contributed by atoms with Crippen molar-refractivity contribution in [2.75, 3.05) is 0 Å². The van der Waals surface area contributed by atoms with E-state index in [9.17, 15) is 0 Å². The molecule has 0 radical (unpaired) electrons. The van der Waals surface area contributed by atoms with Crippen molar-refractivity contribution in [1.82, 2.24) is 0 Å². The Morgan fingerprint density at radius 1 is 0.905 bits per heavy atom. The lowest BCUT2D eigenvalue weighted by Crippen LogP contribution is -2.43. The first-order chi connectivity index (χ1) is 10.2. The maximum absolute atomic E-state index is 6.40. The predicted molar refractivity (Wildman–Crippen MR) is 97.2 cm³/mol. The van der Waals surface area contributed by atoms with Crippen LogP contribution in [0.4, 0.5) is 0 Å². The third kappa shape index (κ3) is 1.75. The maximum Gasteiger partial charge on any atom is 0.175 e. The minimum absolute atomic E-state index is 0.172. The summed E-state index contributed by atoms with van der Waals surface area (Å²) in [5, 5.41) is 0. The van der Waals surface area contributed by atoms with Crippen molar-refractivity contribution in [2.24, 2.45) is 0 Å². The highest BCUT2D eigenvalue weighted by molar-refractivity contribution is 14.1. The van der Waals surface area contributed by atoms with Crippen molar-refractivity contribution in [2.45, 2.75) is 30.5 Å². The lowest BCUT2D eigenvalue weighted by atomic mass is 9.87. The van der Waals surface area contributed by atoms with Gasteiger partial charge < -0.3 is 9.47 Å². The Morgan fingerprint density at radius 2 is 1.57 bits per heavy atom. The summed E-state index contributed by atoms with van der Waals surface area (Å²) in [6.45, 7) is 0. The van der Waals surface area contributed by atoms with Crippen molar-refractivity contribution < 1.29 is 9.47 Å². The molecular formula is C17H12I2O2. The molecule has 2 nitrogen and oxygen atoms in total. The van der Waals surface area contributed by atoms with Gasteiger partial charge in [0.25, 0.3) is 0 Å². The molecule has 4 heteroatoms. The van der Waals surface area contributed by atoms with Crippen molar-refractivity contribution in [3.63, 3.8) is 0 Å². The van der Waals surface area contributed by atoms with Crippen LogP contribution in [0.1, 0.15) is 29.4 Å². The summed E-state index contributed by atoms with van der Waals surface area (Å²) >= 11 is 4.68. The van der Waals surface area contributed by atoms with Gasteiger partial charge in [0.05, 0.1) is 3.57 Å². The summed E-state index contributed by atoms with van der Waals surface area (Å²) in [6, 6.07) is 13.0. The fourth-order valence-electron chi connectivity index (χ4n) is 4.11. The molecule has 1 fully saturated rings. The highest BCUT2D eigenvalue weighted by atomic mass is 127. The number of benzene rings is 2. The second kappa shape index (κ2) is 4.50. The van der Waals surface area contributed by atoms with Crippen LogP contribution in [0.15, 0.2) is 36.4 Å². The van der Waals surface area contributed by atoms with E-state index >= 15 is 0 Å². The van der Waals surface area contributed by atoms with E-state index in [2.05, 4.69) is 81.6 Å². The number of halogens is 2. The van der Waals surface area contributed by atoms with E-state index < -0.39 is 0 Å². The highest BCUT2D eigenvalue weighted by Crippen LogP contribution is 2.58. The smallest absolute Gasteiger partial charge is 0.175 e. The van der Waals surface area contributed by atoms with Crippen LogP contribution in [-0.4, -0.2) is 12.2 Å². The average molecular weight is 502 g/mol. The van der Waals surface area contributed by atoms with Gasteiger partial charge in [-0.25, -0.2) is 0 Å². The topological polar surface area (TPSA) is 18.5 Å². The summed E-state index contributed by atoms with van der Waals surface area (Å²) in [4.78, 5) is 0. The molecule has 106 valence electrons. The minimum atomic E-state index is 0.172. The molecule has 1 aliphatic heterocycles. The molecule has 2 bridgehead atoms. The van der Waals surface area contributed by atoms with Crippen molar-refractivity contribution in [3.8, 4) is 11.5 Å². The van der Waals surface area contributed by atoms with Crippen LogP contribution in [-0.2, 0) is 0 Å². The number of rotatable bonds is 0. The van der Waals surface area contributed by atoms with Gasteiger partial charge in [0.1, 0.15) is 12.2 Å². The molecule has 0 amide bonds. The highest BCUT2D eigenvalue weighted by Gasteiger charge is 2.55. The first kappa shape index (κ1) is 13.0. The van der Waals surface area contributed by atoms with Gasteiger partial charge in [-0.3, -0.25) is 0 Å². The fourth-order valence-corrected chi connectivity index (χ4v) is 6.03. The molecule has 3 aliphatic rings.